The van der Waals surface area contributed by atoms with E-state index in [0.29, 0.717) is 29.6 Å². The van der Waals surface area contributed by atoms with Gasteiger partial charge < -0.3 is 5.32 Å². The lowest BCUT2D eigenvalue weighted by Gasteiger charge is -2.25. The van der Waals surface area contributed by atoms with Crippen LogP contribution < -0.4 is 5.32 Å². The molecule has 6 heteroatoms. The Morgan fingerprint density at radius 1 is 1.40 bits per heavy atom. The number of halogens is 1. The molecule has 0 saturated heterocycles. The fourth-order valence-corrected chi connectivity index (χ4v) is 4.00. The Kier molecular flexibility index (Phi) is 4.86. The largest absolute Gasteiger partial charge is 0.316 e. The van der Waals surface area contributed by atoms with Crippen molar-refractivity contribution in [3.8, 4) is 0 Å². The van der Waals surface area contributed by atoms with Crippen LogP contribution in [0.15, 0.2) is 34.7 Å². The number of hydrogen-bond acceptors (Lipinski definition) is 3. The van der Waals surface area contributed by atoms with Crippen LogP contribution in [-0.4, -0.2) is 32.9 Å². The molecule has 1 aliphatic heterocycles. The molecule has 1 aromatic carbocycles. The number of hydrogen-bond donors (Lipinski definition) is 1. The molecule has 2 rings (SSSR count). The number of sulfonamides is 1. The van der Waals surface area contributed by atoms with Crippen LogP contribution in [-0.2, 0) is 16.6 Å². The topological polar surface area (TPSA) is 49.4 Å². The van der Waals surface area contributed by atoms with Crippen LogP contribution in [0.3, 0.4) is 0 Å². The van der Waals surface area contributed by atoms with Gasteiger partial charge in [-0.3, -0.25) is 0 Å². The molecule has 0 aromatic heterocycles. The van der Waals surface area contributed by atoms with Gasteiger partial charge in [-0.15, -0.1) is 0 Å². The van der Waals surface area contributed by atoms with Gasteiger partial charge in [-0.1, -0.05) is 23.3 Å². The second-order valence-corrected chi connectivity index (χ2v) is 7.31. The van der Waals surface area contributed by atoms with Crippen LogP contribution in [0.4, 0.5) is 0 Å². The molecule has 0 aliphatic carbocycles. The lowest BCUT2D eigenvalue weighted by atomic mass is 10.2. The van der Waals surface area contributed by atoms with Crippen molar-refractivity contribution >= 4 is 21.6 Å². The summed E-state index contributed by atoms with van der Waals surface area (Å²) >= 11 is 6.08. The zero-order chi connectivity index (χ0) is 14.8. The maximum absolute atomic E-state index is 12.6. The average molecular weight is 315 g/mol. The molecular formula is C14H19ClN2O2S. The van der Waals surface area contributed by atoms with Crippen LogP contribution >= 0.6 is 11.6 Å². The fraction of sp³-hybridized carbons (Fsp3) is 0.429. The molecule has 1 aliphatic rings. The summed E-state index contributed by atoms with van der Waals surface area (Å²) in [6.07, 6.45) is 2.85. The first kappa shape index (κ1) is 15.5. The minimum atomic E-state index is -3.45. The standard InChI is InChI=1S/C14H19ClN2O2S/c1-11-4-3-7-17(10-11)20(18,19)13-5-6-14(15)12(8-13)9-16-2/h4-6,8,16H,3,7,9-10H2,1-2H3. The highest BCUT2D eigenvalue weighted by molar-refractivity contribution is 7.89. The smallest absolute Gasteiger partial charge is 0.243 e. The molecule has 0 unspecified atom stereocenters. The van der Waals surface area contributed by atoms with Gasteiger partial charge in [0.1, 0.15) is 0 Å². The highest BCUT2D eigenvalue weighted by Gasteiger charge is 2.26. The Labute approximate surface area is 125 Å². The number of rotatable bonds is 4. The van der Waals surface area contributed by atoms with Crippen molar-refractivity contribution in [2.75, 3.05) is 20.1 Å². The third kappa shape index (κ3) is 3.23. The molecule has 0 radical (unpaired) electrons. The fourth-order valence-electron chi connectivity index (χ4n) is 2.27. The summed E-state index contributed by atoms with van der Waals surface area (Å²) in [7, 11) is -1.64. The Bertz CT molecular complexity index is 626. The predicted octanol–water partition coefficient (Wildman–Crippen LogP) is 2.40. The number of benzene rings is 1. The molecule has 0 amide bonds. The first-order valence-corrected chi connectivity index (χ1v) is 8.36. The van der Waals surface area contributed by atoms with Crippen molar-refractivity contribution in [1.29, 1.82) is 0 Å². The van der Waals surface area contributed by atoms with Crippen molar-refractivity contribution in [2.45, 2.75) is 24.8 Å². The zero-order valence-corrected chi connectivity index (χ0v) is 13.3. The lowest BCUT2D eigenvalue weighted by molar-refractivity contribution is 0.428. The minimum absolute atomic E-state index is 0.307. The SMILES string of the molecule is CNCc1cc(S(=O)(=O)N2CCC=C(C)C2)ccc1Cl. The van der Waals surface area contributed by atoms with E-state index >= 15 is 0 Å². The summed E-state index contributed by atoms with van der Waals surface area (Å²) in [6.45, 7) is 3.49. The highest BCUT2D eigenvalue weighted by Crippen LogP contribution is 2.24. The second-order valence-electron chi connectivity index (χ2n) is 4.96. The van der Waals surface area contributed by atoms with Crippen LogP contribution in [0.5, 0.6) is 0 Å². The van der Waals surface area contributed by atoms with Crippen LogP contribution in [0, 0.1) is 0 Å². The number of nitrogens with zero attached hydrogens (tertiary/aromatic N) is 1. The van der Waals surface area contributed by atoms with E-state index in [4.69, 9.17) is 11.6 Å². The molecule has 20 heavy (non-hydrogen) atoms. The van der Waals surface area contributed by atoms with E-state index in [2.05, 4.69) is 11.4 Å². The van der Waals surface area contributed by atoms with Crippen molar-refractivity contribution in [2.24, 2.45) is 0 Å². The Morgan fingerprint density at radius 3 is 2.80 bits per heavy atom. The lowest BCUT2D eigenvalue weighted by Crippen LogP contribution is -2.35. The van der Waals surface area contributed by atoms with Gasteiger partial charge in [0.05, 0.1) is 4.90 Å². The van der Waals surface area contributed by atoms with E-state index in [1.807, 2.05) is 6.92 Å². The normalized spacial score (nSPS) is 17.1. The highest BCUT2D eigenvalue weighted by atomic mass is 35.5. The average Bonchev–Trinajstić information content (AvgIpc) is 2.41. The van der Waals surface area contributed by atoms with Gasteiger partial charge in [0, 0.05) is 24.7 Å². The van der Waals surface area contributed by atoms with Gasteiger partial charge in [-0.2, -0.15) is 4.31 Å². The second kappa shape index (κ2) is 6.26. The summed E-state index contributed by atoms with van der Waals surface area (Å²) in [4.78, 5) is 0.307. The third-order valence-corrected chi connectivity index (χ3v) is 5.53. The molecule has 1 N–H and O–H groups in total. The van der Waals surface area contributed by atoms with E-state index in [9.17, 15) is 8.42 Å². The zero-order valence-electron chi connectivity index (χ0n) is 11.7. The molecule has 0 saturated carbocycles. The molecule has 1 heterocycles. The number of nitrogens with one attached hydrogen (secondary N) is 1. The van der Waals surface area contributed by atoms with E-state index < -0.39 is 10.0 Å². The summed E-state index contributed by atoms with van der Waals surface area (Å²) in [5.74, 6) is 0. The van der Waals surface area contributed by atoms with Gasteiger partial charge in [-0.25, -0.2) is 8.42 Å². The predicted molar refractivity (Wildman–Crippen MR) is 81.3 cm³/mol. The maximum Gasteiger partial charge on any atom is 0.243 e. The van der Waals surface area contributed by atoms with Crippen LogP contribution in [0.1, 0.15) is 18.9 Å². The molecule has 0 bridgehead atoms. The first-order chi connectivity index (χ1) is 9.45. The molecular weight excluding hydrogens is 296 g/mol. The first-order valence-electron chi connectivity index (χ1n) is 6.54. The van der Waals surface area contributed by atoms with E-state index in [1.165, 1.54) is 4.31 Å². The van der Waals surface area contributed by atoms with Gasteiger partial charge >= 0.3 is 0 Å². The summed E-state index contributed by atoms with van der Waals surface area (Å²) in [5.41, 5.74) is 1.88. The minimum Gasteiger partial charge on any atom is -0.316 e. The van der Waals surface area contributed by atoms with Crippen molar-refractivity contribution in [3.05, 3.63) is 40.4 Å². The van der Waals surface area contributed by atoms with Crippen LogP contribution in [0.2, 0.25) is 5.02 Å². The molecule has 1 aromatic rings. The summed E-state index contributed by atoms with van der Waals surface area (Å²) in [6, 6.07) is 4.88. The summed E-state index contributed by atoms with van der Waals surface area (Å²) in [5, 5.41) is 3.56. The van der Waals surface area contributed by atoms with Crippen molar-refractivity contribution < 1.29 is 8.42 Å². The Morgan fingerprint density at radius 2 is 2.15 bits per heavy atom. The summed E-state index contributed by atoms with van der Waals surface area (Å²) < 4.78 is 26.8. The Hall–Kier alpha value is -0.880. The monoisotopic (exact) mass is 314 g/mol. The van der Waals surface area contributed by atoms with Gasteiger partial charge in [-0.05, 0) is 44.2 Å². The maximum atomic E-state index is 12.6. The quantitative estimate of drug-likeness (QED) is 0.868. The van der Waals surface area contributed by atoms with Gasteiger partial charge in [0.15, 0.2) is 0 Å². The molecule has 0 fully saturated rings. The van der Waals surface area contributed by atoms with E-state index in [1.54, 1.807) is 25.2 Å². The molecule has 4 nitrogen and oxygen atoms in total. The van der Waals surface area contributed by atoms with Crippen molar-refractivity contribution in [1.82, 2.24) is 9.62 Å². The molecule has 0 atom stereocenters. The van der Waals surface area contributed by atoms with E-state index in [0.717, 1.165) is 17.6 Å². The third-order valence-electron chi connectivity index (χ3n) is 3.32. The van der Waals surface area contributed by atoms with E-state index in [-0.39, 0.29) is 0 Å². The van der Waals surface area contributed by atoms with Crippen molar-refractivity contribution in [3.63, 3.8) is 0 Å². The molecule has 0 spiro atoms. The Balaban J connectivity index is 2.34. The van der Waals surface area contributed by atoms with Crippen LogP contribution in [0.25, 0.3) is 0 Å². The van der Waals surface area contributed by atoms with Gasteiger partial charge in [0.25, 0.3) is 0 Å². The molecule has 110 valence electrons. The van der Waals surface area contributed by atoms with Gasteiger partial charge in [0.2, 0.25) is 10.0 Å².